The Kier molecular flexibility index (Phi) is 4.19. The van der Waals surface area contributed by atoms with Crippen LogP contribution in [-0.2, 0) is 6.18 Å². The Hall–Kier alpha value is -3.48. The van der Waals surface area contributed by atoms with Crippen LogP contribution in [-0.4, -0.2) is 15.0 Å². The van der Waals surface area contributed by atoms with Gasteiger partial charge in [-0.25, -0.2) is 9.97 Å². The minimum atomic E-state index is -4.37. The second kappa shape index (κ2) is 6.68. The zero-order chi connectivity index (χ0) is 18.9. The SMILES string of the molecule is FC(F)(F)c1ccc(-c2cc(Oc3ccc4cnccc4c3)ncn2)cc1. The van der Waals surface area contributed by atoms with E-state index in [0.29, 0.717) is 22.9 Å². The van der Waals surface area contributed by atoms with E-state index in [4.69, 9.17) is 4.74 Å². The smallest absolute Gasteiger partial charge is 0.416 e. The van der Waals surface area contributed by atoms with Crippen molar-refractivity contribution in [3.05, 3.63) is 78.9 Å². The number of rotatable bonds is 3. The lowest BCUT2D eigenvalue weighted by Crippen LogP contribution is -2.04. The third kappa shape index (κ3) is 3.72. The van der Waals surface area contributed by atoms with Crippen LogP contribution in [0.15, 0.2) is 73.3 Å². The lowest BCUT2D eigenvalue weighted by molar-refractivity contribution is -0.137. The van der Waals surface area contributed by atoms with Gasteiger partial charge in [0.1, 0.15) is 12.1 Å². The van der Waals surface area contributed by atoms with E-state index in [-0.39, 0.29) is 0 Å². The molecule has 4 rings (SSSR count). The van der Waals surface area contributed by atoms with Crippen molar-refractivity contribution in [1.29, 1.82) is 0 Å². The molecule has 2 aromatic heterocycles. The van der Waals surface area contributed by atoms with Gasteiger partial charge < -0.3 is 4.74 Å². The van der Waals surface area contributed by atoms with Crippen LogP contribution < -0.4 is 4.74 Å². The molecule has 134 valence electrons. The van der Waals surface area contributed by atoms with Gasteiger partial charge in [0, 0.05) is 29.4 Å². The summed E-state index contributed by atoms with van der Waals surface area (Å²) in [5, 5.41) is 1.96. The van der Waals surface area contributed by atoms with Crippen molar-refractivity contribution in [2.24, 2.45) is 0 Å². The third-order valence-electron chi connectivity index (χ3n) is 3.98. The molecule has 0 radical (unpaired) electrons. The molecule has 7 heteroatoms. The molecule has 0 atom stereocenters. The van der Waals surface area contributed by atoms with Crippen molar-refractivity contribution < 1.29 is 17.9 Å². The van der Waals surface area contributed by atoms with Crippen LogP contribution in [0, 0.1) is 0 Å². The van der Waals surface area contributed by atoms with E-state index in [1.54, 1.807) is 24.5 Å². The summed E-state index contributed by atoms with van der Waals surface area (Å²) >= 11 is 0. The van der Waals surface area contributed by atoms with Crippen molar-refractivity contribution in [1.82, 2.24) is 15.0 Å². The fourth-order valence-corrected chi connectivity index (χ4v) is 2.63. The Morgan fingerprint density at radius 2 is 1.63 bits per heavy atom. The van der Waals surface area contributed by atoms with Crippen LogP contribution >= 0.6 is 0 Å². The van der Waals surface area contributed by atoms with E-state index >= 15 is 0 Å². The van der Waals surface area contributed by atoms with Crippen LogP contribution in [0.5, 0.6) is 11.6 Å². The Bertz CT molecular complexity index is 1100. The molecule has 0 amide bonds. The summed E-state index contributed by atoms with van der Waals surface area (Å²) in [4.78, 5) is 12.2. The summed E-state index contributed by atoms with van der Waals surface area (Å²) in [6, 6.07) is 13.8. The highest BCUT2D eigenvalue weighted by Crippen LogP contribution is 2.31. The molecule has 0 fully saturated rings. The van der Waals surface area contributed by atoms with Crippen LogP contribution in [0.3, 0.4) is 0 Å². The van der Waals surface area contributed by atoms with Crippen LogP contribution in [0.2, 0.25) is 0 Å². The first kappa shape index (κ1) is 17.0. The molecule has 0 saturated carbocycles. The number of halogens is 3. The highest BCUT2D eigenvalue weighted by molar-refractivity contribution is 5.82. The van der Waals surface area contributed by atoms with Gasteiger partial charge in [0.2, 0.25) is 5.88 Å². The minimum Gasteiger partial charge on any atom is -0.439 e. The molecule has 4 nitrogen and oxygen atoms in total. The zero-order valence-electron chi connectivity index (χ0n) is 13.8. The van der Waals surface area contributed by atoms with Crippen LogP contribution in [0.25, 0.3) is 22.0 Å². The highest BCUT2D eigenvalue weighted by Gasteiger charge is 2.30. The monoisotopic (exact) mass is 367 g/mol. The molecule has 0 aliphatic rings. The van der Waals surface area contributed by atoms with E-state index in [1.807, 2.05) is 18.2 Å². The molecule has 0 spiro atoms. The van der Waals surface area contributed by atoms with Crippen molar-refractivity contribution >= 4 is 10.8 Å². The quantitative estimate of drug-likeness (QED) is 0.479. The maximum atomic E-state index is 12.7. The predicted molar refractivity (Wildman–Crippen MR) is 94.3 cm³/mol. The van der Waals surface area contributed by atoms with Gasteiger partial charge in [-0.1, -0.05) is 12.1 Å². The maximum absolute atomic E-state index is 12.7. The Morgan fingerprint density at radius 1 is 0.815 bits per heavy atom. The Labute approximate surface area is 152 Å². The Balaban J connectivity index is 1.60. The molecule has 0 saturated heterocycles. The number of nitrogens with zero attached hydrogens (tertiary/aromatic N) is 3. The highest BCUT2D eigenvalue weighted by atomic mass is 19.4. The van der Waals surface area contributed by atoms with E-state index in [1.165, 1.54) is 18.5 Å². The molecule has 4 aromatic rings. The fourth-order valence-electron chi connectivity index (χ4n) is 2.63. The van der Waals surface area contributed by atoms with E-state index in [2.05, 4.69) is 15.0 Å². The first-order valence-corrected chi connectivity index (χ1v) is 8.00. The second-order valence-electron chi connectivity index (χ2n) is 5.80. The minimum absolute atomic E-state index is 0.299. The van der Waals surface area contributed by atoms with Gasteiger partial charge in [-0.3, -0.25) is 4.98 Å². The normalized spacial score (nSPS) is 11.5. The molecule has 2 heterocycles. The fraction of sp³-hybridized carbons (Fsp3) is 0.0500. The van der Waals surface area contributed by atoms with Gasteiger partial charge in [-0.2, -0.15) is 13.2 Å². The molecule has 0 unspecified atom stereocenters. The third-order valence-corrected chi connectivity index (χ3v) is 3.98. The summed E-state index contributed by atoms with van der Waals surface area (Å²) in [5.41, 5.74) is 0.306. The summed E-state index contributed by atoms with van der Waals surface area (Å²) in [5.74, 6) is 0.888. The van der Waals surface area contributed by atoms with Crippen molar-refractivity contribution in [2.75, 3.05) is 0 Å². The Morgan fingerprint density at radius 3 is 2.41 bits per heavy atom. The molecule has 2 aromatic carbocycles. The largest absolute Gasteiger partial charge is 0.439 e. The summed E-state index contributed by atoms with van der Waals surface area (Å²) < 4.78 is 43.8. The van der Waals surface area contributed by atoms with Gasteiger partial charge >= 0.3 is 6.18 Å². The number of hydrogen-bond donors (Lipinski definition) is 0. The molecule has 0 aliphatic carbocycles. The van der Waals surface area contributed by atoms with Gasteiger partial charge in [0.05, 0.1) is 11.3 Å². The van der Waals surface area contributed by atoms with Crippen molar-refractivity contribution in [3.8, 4) is 22.9 Å². The lowest BCUT2D eigenvalue weighted by atomic mass is 10.1. The number of pyridine rings is 1. The number of hydrogen-bond acceptors (Lipinski definition) is 4. The number of fused-ring (bicyclic) bond motifs is 1. The number of benzene rings is 2. The topological polar surface area (TPSA) is 47.9 Å². The average molecular weight is 367 g/mol. The predicted octanol–water partition coefficient (Wildman–Crippen LogP) is 5.50. The van der Waals surface area contributed by atoms with E-state index in [0.717, 1.165) is 22.9 Å². The summed E-state index contributed by atoms with van der Waals surface area (Å²) in [6.45, 7) is 0. The first-order valence-electron chi connectivity index (χ1n) is 8.00. The number of alkyl halides is 3. The van der Waals surface area contributed by atoms with E-state index < -0.39 is 11.7 Å². The van der Waals surface area contributed by atoms with Crippen molar-refractivity contribution in [2.45, 2.75) is 6.18 Å². The number of ether oxygens (including phenoxy) is 1. The lowest BCUT2D eigenvalue weighted by Gasteiger charge is -2.09. The zero-order valence-corrected chi connectivity index (χ0v) is 13.8. The first-order chi connectivity index (χ1) is 13.0. The molecule has 0 N–H and O–H groups in total. The van der Waals surface area contributed by atoms with Crippen LogP contribution in [0.1, 0.15) is 5.56 Å². The number of aromatic nitrogens is 3. The molecule has 0 bridgehead atoms. The van der Waals surface area contributed by atoms with E-state index in [9.17, 15) is 13.2 Å². The van der Waals surface area contributed by atoms with Gasteiger partial charge in [-0.05, 0) is 41.8 Å². The molecular weight excluding hydrogens is 355 g/mol. The van der Waals surface area contributed by atoms with Crippen molar-refractivity contribution in [3.63, 3.8) is 0 Å². The second-order valence-corrected chi connectivity index (χ2v) is 5.80. The molecule has 0 aliphatic heterocycles. The van der Waals surface area contributed by atoms with Crippen LogP contribution in [0.4, 0.5) is 13.2 Å². The summed E-state index contributed by atoms with van der Waals surface area (Å²) in [6.07, 6.45) is 0.392. The molecular formula is C20H12F3N3O. The average Bonchev–Trinajstić information content (AvgIpc) is 2.68. The van der Waals surface area contributed by atoms with Gasteiger partial charge in [0.25, 0.3) is 0 Å². The van der Waals surface area contributed by atoms with Gasteiger partial charge in [-0.15, -0.1) is 0 Å². The van der Waals surface area contributed by atoms with Gasteiger partial charge in [0.15, 0.2) is 0 Å². The standard InChI is InChI=1S/C20H12F3N3O/c21-20(22,23)16-4-1-13(2-5-16)18-10-19(26-12-25-18)27-17-6-3-15-11-24-8-7-14(15)9-17/h1-12H. The molecule has 27 heavy (non-hydrogen) atoms. The summed E-state index contributed by atoms with van der Waals surface area (Å²) in [7, 11) is 0. The maximum Gasteiger partial charge on any atom is 0.416 e.